The van der Waals surface area contributed by atoms with Gasteiger partial charge in [0, 0.05) is 12.6 Å². The second-order valence-electron chi connectivity index (χ2n) is 5.46. The molecule has 0 unspecified atom stereocenters. The summed E-state index contributed by atoms with van der Waals surface area (Å²) in [6.07, 6.45) is 7.08. The number of aromatic nitrogens is 3. The smallest absolute Gasteiger partial charge is 0.213 e. The number of nitrogens with zero attached hydrogens (tertiary/aromatic N) is 3. The van der Waals surface area contributed by atoms with E-state index in [-0.39, 0.29) is 12.3 Å². The van der Waals surface area contributed by atoms with Crippen molar-refractivity contribution in [1.29, 1.82) is 0 Å². The summed E-state index contributed by atoms with van der Waals surface area (Å²) in [5.74, 6) is -0.0312. The van der Waals surface area contributed by atoms with E-state index in [2.05, 4.69) is 15.0 Å². The number of nitrogens with one attached hydrogen (secondary N) is 1. The maximum absolute atomic E-state index is 11.3. The van der Waals surface area contributed by atoms with Crippen molar-refractivity contribution in [3.05, 3.63) is 11.9 Å². The van der Waals surface area contributed by atoms with E-state index in [9.17, 15) is 13.5 Å². The van der Waals surface area contributed by atoms with Gasteiger partial charge in [0.15, 0.2) is 0 Å². The minimum atomic E-state index is -3.24. The lowest BCUT2D eigenvalue weighted by molar-refractivity contribution is 0.00364. The van der Waals surface area contributed by atoms with Gasteiger partial charge in [-0.1, -0.05) is 24.5 Å². The number of aryl methyl sites for hydroxylation is 1. The molecule has 8 heteroatoms. The van der Waals surface area contributed by atoms with E-state index in [4.69, 9.17) is 0 Å². The van der Waals surface area contributed by atoms with Crippen LogP contribution in [0.1, 0.15) is 37.8 Å². The molecule has 1 saturated carbocycles. The molecule has 1 heterocycles. The molecule has 1 aliphatic rings. The minimum absolute atomic E-state index is 0.0312. The van der Waals surface area contributed by atoms with Gasteiger partial charge in [-0.25, -0.2) is 13.1 Å². The molecule has 0 atom stereocenters. The van der Waals surface area contributed by atoms with Gasteiger partial charge in [0.05, 0.1) is 23.6 Å². The highest BCUT2D eigenvalue weighted by molar-refractivity contribution is 7.89. The molecular formula is C12H22N4O3S. The molecule has 0 bridgehead atoms. The molecule has 1 fully saturated rings. The Morgan fingerprint density at radius 1 is 1.40 bits per heavy atom. The van der Waals surface area contributed by atoms with Gasteiger partial charge in [0.2, 0.25) is 10.0 Å². The summed E-state index contributed by atoms with van der Waals surface area (Å²) in [7, 11) is -1.85. The molecule has 0 amide bonds. The Bertz CT molecular complexity index is 535. The van der Waals surface area contributed by atoms with E-state index in [1.54, 1.807) is 6.20 Å². The Balaban J connectivity index is 1.92. The van der Waals surface area contributed by atoms with Gasteiger partial charge in [0.25, 0.3) is 0 Å². The van der Waals surface area contributed by atoms with Gasteiger partial charge in [-0.15, -0.1) is 5.10 Å². The largest absolute Gasteiger partial charge is 0.389 e. The molecule has 7 nitrogen and oxygen atoms in total. The van der Waals surface area contributed by atoms with E-state index in [0.717, 1.165) is 31.4 Å². The first-order chi connectivity index (χ1) is 9.42. The summed E-state index contributed by atoms with van der Waals surface area (Å²) in [6.45, 7) is 0.259. The Hall–Kier alpha value is -0.990. The average Bonchev–Trinajstić information content (AvgIpc) is 2.84. The van der Waals surface area contributed by atoms with Crippen LogP contribution in [-0.4, -0.2) is 46.9 Å². The van der Waals surface area contributed by atoms with Gasteiger partial charge >= 0.3 is 0 Å². The average molecular weight is 302 g/mol. The second-order valence-corrected chi connectivity index (χ2v) is 7.50. The molecule has 0 spiro atoms. The molecule has 1 aliphatic carbocycles. The van der Waals surface area contributed by atoms with Crippen LogP contribution < -0.4 is 4.72 Å². The zero-order valence-electron chi connectivity index (χ0n) is 11.7. The highest BCUT2D eigenvalue weighted by Gasteiger charge is 2.30. The van der Waals surface area contributed by atoms with Gasteiger partial charge in [-0.3, -0.25) is 4.68 Å². The Labute approximate surface area is 119 Å². The molecule has 2 N–H and O–H groups in total. The number of hydrogen-bond donors (Lipinski definition) is 2. The molecule has 0 aliphatic heterocycles. The third-order valence-electron chi connectivity index (χ3n) is 3.78. The van der Waals surface area contributed by atoms with Crippen molar-refractivity contribution in [2.45, 2.75) is 50.7 Å². The predicted molar refractivity (Wildman–Crippen MR) is 74.6 cm³/mol. The topological polar surface area (TPSA) is 97.1 Å². The first kappa shape index (κ1) is 15.4. The van der Waals surface area contributed by atoms with Gasteiger partial charge in [-0.2, -0.15) is 0 Å². The van der Waals surface area contributed by atoms with Crippen molar-refractivity contribution in [3.63, 3.8) is 0 Å². The second kappa shape index (κ2) is 6.19. The number of hydrogen-bond acceptors (Lipinski definition) is 5. The third kappa shape index (κ3) is 4.26. The van der Waals surface area contributed by atoms with Gasteiger partial charge in [-0.05, 0) is 19.9 Å². The molecule has 2 rings (SSSR count). The lowest BCUT2D eigenvalue weighted by atomic mass is 9.82. The summed E-state index contributed by atoms with van der Waals surface area (Å²) in [4.78, 5) is 0. The summed E-state index contributed by atoms with van der Waals surface area (Å²) in [5, 5.41) is 18.4. The maximum Gasteiger partial charge on any atom is 0.213 e. The molecule has 0 radical (unpaired) electrons. The van der Waals surface area contributed by atoms with E-state index in [1.807, 2.05) is 0 Å². The van der Waals surface area contributed by atoms with Crippen LogP contribution >= 0.6 is 0 Å². The number of aliphatic hydroxyl groups is 1. The van der Waals surface area contributed by atoms with Crippen molar-refractivity contribution in [2.75, 3.05) is 12.8 Å². The first-order valence-electron chi connectivity index (χ1n) is 6.95. The highest BCUT2D eigenvalue weighted by Crippen LogP contribution is 2.30. The van der Waals surface area contributed by atoms with Crippen LogP contribution in [0.5, 0.6) is 0 Å². The number of sulfonamides is 1. The van der Waals surface area contributed by atoms with Crippen molar-refractivity contribution in [1.82, 2.24) is 19.7 Å². The summed E-state index contributed by atoms with van der Waals surface area (Å²) in [6, 6.07) is 0. The van der Waals surface area contributed by atoms with Crippen LogP contribution in [0.3, 0.4) is 0 Å². The van der Waals surface area contributed by atoms with E-state index in [1.165, 1.54) is 18.2 Å². The monoisotopic (exact) mass is 302 g/mol. The third-order valence-corrected chi connectivity index (χ3v) is 5.12. The Morgan fingerprint density at radius 2 is 2.10 bits per heavy atom. The van der Waals surface area contributed by atoms with Crippen LogP contribution in [0.4, 0.5) is 0 Å². The predicted octanol–water partition coefficient (Wildman–Crippen LogP) is 0.0650. The quantitative estimate of drug-likeness (QED) is 0.775. The van der Waals surface area contributed by atoms with Crippen LogP contribution in [0.2, 0.25) is 0 Å². The van der Waals surface area contributed by atoms with Crippen molar-refractivity contribution in [3.8, 4) is 0 Å². The van der Waals surface area contributed by atoms with Crippen LogP contribution in [0.15, 0.2) is 6.20 Å². The lowest BCUT2D eigenvalue weighted by Crippen LogP contribution is -2.33. The molecular weight excluding hydrogens is 280 g/mol. The normalized spacial score (nSPS) is 19.1. The number of rotatable bonds is 6. The van der Waals surface area contributed by atoms with Crippen molar-refractivity contribution in [2.24, 2.45) is 0 Å². The zero-order valence-corrected chi connectivity index (χ0v) is 12.6. The lowest BCUT2D eigenvalue weighted by Gasteiger charge is -2.31. The SMILES string of the molecule is CNS(=O)(=O)CCn1cc(CC2(O)CCCCC2)nn1. The summed E-state index contributed by atoms with van der Waals surface area (Å²) >= 11 is 0. The van der Waals surface area contributed by atoms with Crippen LogP contribution in [0.25, 0.3) is 0 Å². The highest BCUT2D eigenvalue weighted by atomic mass is 32.2. The van der Waals surface area contributed by atoms with Crippen LogP contribution in [-0.2, 0) is 23.0 Å². The molecule has 1 aromatic rings. The van der Waals surface area contributed by atoms with E-state index in [0.29, 0.717) is 6.42 Å². The molecule has 0 saturated heterocycles. The zero-order chi connectivity index (χ0) is 14.6. The van der Waals surface area contributed by atoms with Gasteiger partial charge < -0.3 is 5.11 Å². The molecule has 114 valence electrons. The van der Waals surface area contributed by atoms with E-state index < -0.39 is 15.6 Å². The van der Waals surface area contributed by atoms with Gasteiger partial charge in [0.1, 0.15) is 0 Å². The first-order valence-corrected chi connectivity index (χ1v) is 8.60. The Kier molecular flexibility index (Phi) is 4.77. The van der Waals surface area contributed by atoms with Crippen molar-refractivity contribution >= 4 is 10.0 Å². The molecule has 20 heavy (non-hydrogen) atoms. The van der Waals surface area contributed by atoms with Crippen LogP contribution in [0, 0.1) is 0 Å². The standard InChI is InChI=1S/C12H22N4O3S/c1-13-20(18,19)8-7-16-10-11(14-15-16)9-12(17)5-3-2-4-6-12/h10,13,17H,2-9H2,1H3. The molecule has 1 aromatic heterocycles. The maximum atomic E-state index is 11.3. The fourth-order valence-electron chi connectivity index (χ4n) is 2.57. The van der Waals surface area contributed by atoms with Crippen molar-refractivity contribution < 1.29 is 13.5 Å². The summed E-state index contributed by atoms with van der Waals surface area (Å²) < 4.78 is 26.4. The Morgan fingerprint density at radius 3 is 2.75 bits per heavy atom. The minimum Gasteiger partial charge on any atom is -0.389 e. The van der Waals surface area contributed by atoms with E-state index >= 15 is 0 Å². The fourth-order valence-corrected chi connectivity index (χ4v) is 3.20. The fraction of sp³-hybridized carbons (Fsp3) is 0.833. The molecule has 0 aromatic carbocycles. The summed E-state index contributed by atoms with van der Waals surface area (Å²) in [5.41, 5.74) is 0.0483.